The summed E-state index contributed by atoms with van der Waals surface area (Å²) >= 11 is 0. The molecule has 0 atom stereocenters. The van der Waals surface area contributed by atoms with E-state index in [1.54, 1.807) is 0 Å². The minimum atomic E-state index is 0. The first-order valence-corrected chi connectivity index (χ1v) is 0. The van der Waals surface area contributed by atoms with Crippen molar-refractivity contribution in [2.45, 2.75) is 0 Å². The summed E-state index contributed by atoms with van der Waals surface area (Å²) in [5.74, 6) is 0. The van der Waals surface area contributed by atoms with Gasteiger partial charge in [0.2, 0.25) is 0 Å². The van der Waals surface area contributed by atoms with Crippen LogP contribution in [0.4, 0.5) is 0 Å². The summed E-state index contributed by atoms with van der Waals surface area (Å²) in [5, 5.41) is 0. The Balaban J connectivity index is 0. The first-order chi connectivity index (χ1) is 0. The van der Waals surface area contributed by atoms with Gasteiger partial charge < -0.3 is 93.1 Å². The molecular formula is H2Na2O17V6-30. The van der Waals surface area contributed by atoms with Gasteiger partial charge in [-0.1, -0.05) is 0 Å². The van der Waals surface area contributed by atoms with Gasteiger partial charge in [0, 0.05) is 111 Å². The van der Waals surface area contributed by atoms with Gasteiger partial charge in [-0.05, 0) is 0 Å². The molecule has 0 aromatic heterocycles. The van der Waals surface area contributed by atoms with Gasteiger partial charge in [0.25, 0.3) is 0 Å². The van der Waals surface area contributed by atoms with Gasteiger partial charge in [-0.2, -0.15) is 0 Å². The monoisotopic (exact) mass is 626 g/mol. The third-order valence-electron chi connectivity index (χ3n) is 0. The average Bonchev–Trinajstić information content (AvgIpc) is 0. The Morgan fingerprint density at radius 1 is 0.160 bits per heavy atom. The first-order valence-electron chi connectivity index (χ1n) is 0. The van der Waals surface area contributed by atoms with E-state index in [9.17, 15) is 0 Å². The molecule has 0 saturated heterocycles. The van der Waals surface area contributed by atoms with Crippen LogP contribution in [0.15, 0.2) is 0 Å². The van der Waals surface area contributed by atoms with Crippen LogP contribution in [0.3, 0.4) is 0 Å². The first kappa shape index (κ1) is 1060. The van der Waals surface area contributed by atoms with Crippen molar-refractivity contribution >= 4 is 0 Å². The molecule has 2 N–H and O–H groups in total. The summed E-state index contributed by atoms with van der Waals surface area (Å²) in [5.41, 5.74) is 0. The Hall–Kier alpha value is 4.83. The largest absolute Gasteiger partial charge is 2.00 e. The van der Waals surface area contributed by atoms with Gasteiger partial charge in [-0.15, -0.1) is 0 Å². The minimum Gasteiger partial charge on any atom is -2.00 e. The summed E-state index contributed by atoms with van der Waals surface area (Å²) < 4.78 is 0. The van der Waals surface area contributed by atoms with Crippen molar-refractivity contribution in [2.24, 2.45) is 0 Å². The molecule has 166 valence electrons. The van der Waals surface area contributed by atoms with E-state index in [1.165, 1.54) is 0 Å². The maximum Gasteiger partial charge on any atom is 1.00 e. The second kappa shape index (κ2) is 958. The van der Waals surface area contributed by atoms with E-state index in [1.807, 2.05) is 0 Å². The predicted octanol–water partition coefficient (Wildman–Crippen LogP) is -8.73. The molecule has 0 saturated carbocycles. The van der Waals surface area contributed by atoms with Gasteiger partial charge in [-0.25, -0.2) is 0 Å². The van der Waals surface area contributed by atoms with Gasteiger partial charge >= 0.3 is 59.1 Å². The topological polar surface area (TPSA) is 488 Å². The molecule has 6 radical (unpaired) electrons. The zero-order valence-electron chi connectivity index (χ0n) is 11.7. The van der Waals surface area contributed by atoms with Crippen molar-refractivity contribution in [2.75, 3.05) is 0 Å². The standard InChI is InChI=1S/2Na.H2O.16O.6V/h;;1H2;;;;;;;;;;;;;;;;;;;;;;/q2*+1;;16*-2;;;;;;. The second-order valence-corrected chi connectivity index (χ2v) is 0. The summed E-state index contributed by atoms with van der Waals surface area (Å²) in [6.07, 6.45) is 0. The van der Waals surface area contributed by atoms with Crippen LogP contribution in [0, 0.1) is 0 Å². The molecule has 0 heterocycles. The Bertz CT molecular complexity index is 29.1. The molecule has 0 bridgehead atoms. The molecule has 0 aliphatic rings. The van der Waals surface area contributed by atoms with Crippen molar-refractivity contribution in [3.05, 3.63) is 0 Å². The van der Waals surface area contributed by atoms with Crippen LogP contribution in [-0.2, 0) is 199 Å². The van der Waals surface area contributed by atoms with Crippen LogP contribution >= 0.6 is 0 Å². The third kappa shape index (κ3) is 891. The zero-order chi connectivity index (χ0) is 0. The average molecular weight is 626 g/mol. The van der Waals surface area contributed by atoms with E-state index in [0.29, 0.717) is 0 Å². The Morgan fingerprint density at radius 2 is 0.160 bits per heavy atom. The molecule has 25 heavy (non-hydrogen) atoms. The van der Waals surface area contributed by atoms with Crippen LogP contribution in [0.5, 0.6) is 0 Å². The molecule has 0 aliphatic heterocycles. The van der Waals surface area contributed by atoms with E-state index in [0.717, 1.165) is 0 Å². The number of rotatable bonds is 0. The van der Waals surface area contributed by atoms with Crippen LogP contribution in [0.25, 0.3) is 0 Å². The van der Waals surface area contributed by atoms with Gasteiger partial charge in [0.05, 0.1) is 0 Å². The molecule has 0 amide bonds. The molecule has 0 aliphatic carbocycles. The molecule has 0 fully saturated rings. The molecule has 17 nitrogen and oxygen atoms in total. The van der Waals surface area contributed by atoms with Crippen molar-refractivity contribution in [3.63, 3.8) is 0 Å². The van der Waals surface area contributed by atoms with E-state index < -0.39 is 0 Å². The minimum absolute atomic E-state index is 0. The molecular weight excluding hydrogens is 624 g/mol. The fraction of sp³-hybridized carbons (Fsp3) is 0. The second-order valence-electron chi connectivity index (χ2n) is 0. The maximum absolute atomic E-state index is 0. The van der Waals surface area contributed by atoms with E-state index in [2.05, 4.69) is 0 Å². The fourth-order valence-electron chi connectivity index (χ4n) is 0. The third-order valence-corrected chi connectivity index (χ3v) is 0. The van der Waals surface area contributed by atoms with Gasteiger partial charge in [0.15, 0.2) is 0 Å². The van der Waals surface area contributed by atoms with Crippen molar-refractivity contribution in [1.29, 1.82) is 0 Å². The van der Waals surface area contributed by atoms with E-state index in [4.69, 9.17) is 0 Å². The Kier molecular flexibility index (Phi) is 40800. The number of hydrogen-bond donors (Lipinski definition) is 0. The van der Waals surface area contributed by atoms with E-state index in [-0.39, 0.29) is 264 Å². The van der Waals surface area contributed by atoms with Crippen molar-refractivity contribution < 1.29 is 264 Å². The molecule has 0 spiro atoms. The van der Waals surface area contributed by atoms with E-state index >= 15 is 0 Å². The SMILES string of the molecule is O.[Na+].[Na+].[O-2].[O-2].[O-2].[O-2].[O-2].[O-2].[O-2].[O-2].[O-2].[O-2].[O-2].[O-2].[O-2].[O-2].[O-2].[O-2].[V].[V].[V].[V].[V].[V]. The zero-order valence-corrected chi connectivity index (χ0v) is 24.1. The van der Waals surface area contributed by atoms with Crippen LogP contribution in [-0.4, -0.2) is 5.48 Å². The summed E-state index contributed by atoms with van der Waals surface area (Å²) in [6, 6.07) is 0. The molecule has 0 aromatic carbocycles. The van der Waals surface area contributed by atoms with Crippen LogP contribution in [0.2, 0.25) is 0 Å². The summed E-state index contributed by atoms with van der Waals surface area (Å²) in [4.78, 5) is 0. The van der Waals surface area contributed by atoms with Gasteiger partial charge in [0.1, 0.15) is 0 Å². The Morgan fingerprint density at radius 3 is 0.160 bits per heavy atom. The number of hydrogen-bond acceptors (Lipinski definition) is 0. The van der Waals surface area contributed by atoms with Crippen LogP contribution < -0.4 is 59.1 Å². The Labute approximate surface area is 259 Å². The molecule has 0 rings (SSSR count). The summed E-state index contributed by atoms with van der Waals surface area (Å²) in [7, 11) is 0. The quantitative estimate of drug-likeness (QED) is 0.226. The summed E-state index contributed by atoms with van der Waals surface area (Å²) in [6.45, 7) is 0. The maximum atomic E-state index is 0. The fourth-order valence-corrected chi connectivity index (χ4v) is 0. The smallest absolute Gasteiger partial charge is 1.00 e. The molecule has 25 heteroatoms. The molecule has 0 unspecified atom stereocenters. The normalized spacial score (nSPS) is 0. The molecule has 0 aromatic rings. The van der Waals surface area contributed by atoms with Crippen molar-refractivity contribution in [1.82, 2.24) is 0 Å². The van der Waals surface area contributed by atoms with Gasteiger partial charge in [-0.3, -0.25) is 0 Å². The van der Waals surface area contributed by atoms with Crippen molar-refractivity contribution in [3.8, 4) is 0 Å². The predicted molar refractivity (Wildman–Crippen MR) is 14.6 cm³/mol. The van der Waals surface area contributed by atoms with Crippen LogP contribution in [0.1, 0.15) is 0 Å².